The van der Waals surface area contributed by atoms with Gasteiger partial charge in [-0.3, -0.25) is 0 Å². The van der Waals surface area contributed by atoms with Crippen LogP contribution in [0.1, 0.15) is 30.9 Å². The average Bonchev–Trinajstić information content (AvgIpc) is 3.08. The Balaban J connectivity index is 1.33. The molecule has 3 aromatic rings. The lowest BCUT2D eigenvalue weighted by molar-refractivity contribution is 0.0356. The van der Waals surface area contributed by atoms with Crippen molar-refractivity contribution in [3.8, 4) is 28.7 Å². The smallest absolute Gasteiger partial charge is 0.207 e. The third kappa shape index (κ3) is 6.44. The number of benzene rings is 3. The fourth-order valence-corrected chi connectivity index (χ4v) is 5.82. The van der Waals surface area contributed by atoms with Gasteiger partial charge in [-0.15, -0.1) is 0 Å². The Morgan fingerprint density at radius 3 is 2.09 bits per heavy atom. The summed E-state index contributed by atoms with van der Waals surface area (Å²) in [5.41, 5.74) is 3.07. The van der Waals surface area contributed by atoms with E-state index < -0.39 is 9.84 Å². The number of ether oxygens (including phenoxy) is 3. The second-order valence-corrected chi connectivity index (χ2v) is 11.2. The van der Waals surface area contributed by atoms with Crippen LogP contribution in [-0.4, -0.2) is 41.5 Å². The Kier molecular flexibility index (Phi) is 8.84. The maximum absolute atomic E-state index is 12.8. The van der Waals surface area contributed by atoms with E-state index in [1.54, 1.807) is 18.2 Å². The van der Waals surface area contributed by atoms with E-state index in [4.69, 9.17) is 14.2 Å². The minimum atomic E-state index is -3.47. The van der Waals surface area contributed by atoms with Crippen LogP contribution in [0.4, 0.5) is 0 Å². The molecule has 0 aromatic heterocycles. The molecule has 0 radical (unpaired) electrons. The van der Waals surface area contributed by atoms with Crippen LogP contribution in [0.25, 0.3) is 11.1 Å². The summed E-state index contributed by atoms with van der Waals surface area (Å²) < 4.78 is 43.3. The van der Waals surface area contributed by atoms with E-state index in [9.17, 15) is 8.42 Å². The topological polar surface area (TPSA) is 61.8 Å². The van der Waals surface area contributed by atoms with Gasteiger partial charge < -0.3 is 14.2 Å². The minimum Gasteiger partial charge on any atom is -0.491 e. The predicted molar refractivity (Wildman–Crippen MR) is 145 cm³/mol. The summed E-state index contributed by atoms with van der Waals surface area (Å²) in [5.74, 6) is 7.05. The molecule has 4 rings (SSSR count). The molecule has 182 valence electrons. The fourth-order valence-electron chi connectivity index (χ4n) is 3.68. The first kappa shape index (κ1) is 25.7. The summed E-state index contributed by atoms with van der Waals surface area (Å²) in [6.45, 7) is 5.08. The molecule has 35 heavy (non-hydrogen) atoms. The standard InChI is InChI=1S/C28H27IO5S/c1-2-3-14-32-15-16-33-17-18-34-24-10-6-21(7-11-24)4-5-22-8-12-27-25(19-22)26-20-23(29)9-13-28(26)35(27,30)31/h6-13,19-20H,2-3,14-18H2,1H3. The van der Waals surface area contributed by atoms with Gasteiger partial charge in [-0.2, -0.15) is 0 Å². The third-order valence-electron chi connectivity index (χ3n) is 5.51. The second-order valence-electron chi connectivity index (χ2n) is 8.06. The van der Waals surface area contributed by atoms with Crippen molar-refractivity contribution in [2.45, 2.75) is 29.6 Å². The number of rotatable bonds is 10. The molecule has 0 spiro atoms. The molecule has 0 aliphatic carbocycles. The van der Waals surface area contributed by atoms with E-state index in [1.807, 2.05) is 42.5 Å². The van der Waals surface area contributed by atoms with Crippen molar-refractivity contribution in [3.63, 3.8) is 0 Å². The lowest BCUT2D eigenvalue weighted by Gasteiger charge is -2.07. The quantitative estimate of drug-likeness (QED) is 0.132. The van der Waals surface area contributed by atoms with Gasteiger partial charge in [0.15, 0.2) is 0 Å². The van der Waals surface area contributed by atoms with Crippen LogP contribution in [0.5, 0.6) is 5.75 Å². The van der Waals surface area contributed by atoms with Crippen LogP contribution >= 0.6 is 22.6 Å². The molecule has 0 saturated heterocycles. The Bertz CT molecular complexity index is 1340. The molecule has 0 bridgehead atoms. The van der Waals surface area contributed by atoms with Crippen molar-refractivity contribution in [1.82, 2.24) is 0 Å². The number of fused-ring (bicyclic) bond motifs is 3. The lowest BCUT2D eigenvalue weighted by atomic mass is 10.0. The SMILES string of the molecule is CCCCOCCOCCOc1ccc(C#Cc2ccc3c(c2)-c2cc(I)ccc2S3(=O)=O)cc1. The summed E-state index contributed by atoms with van der Waals surface area (Å²) in [6, 6.07) is 18.2. The summed E-state index contributed by atoms with van der Waals surface area (Å²) >= 11 is 2.19. The van der Waals surface area contributed by atoms with Gasteiger partial charge in [0.2, 0.25) is 9.84 Å². The van der Waals surface area contributed by atoms with Crippen molar-refractivity contribution in [3.05, 3.63) is 75.4 Å². The zero-order chi connectivity index (χ0) is 24.7. The zero-order valence-corrected chi connectivity index (χ0v) is 22.5. The van der Waals surface area contributed by atoms with Gasteiger partial charge in [0.25, 0.3) is 0 Å². The van der Waals surface area contributed by atoms with Crippen molar-refractivity contribution >= 4 is 32.4 Å². The molecule has 0 saturated carbocycles. The monoisotopic (exact) mass is 602 g/mol. The van der Waals surface area contributed by atoms with E-state index in [1.165, 1.54) is 0 Å². The van der Waals surface area contributed by atoms with E-state index in [-0.39, 0.29) is 0 Å². The Morgan fingerprint density at radius 2 is 1.34 bits per heavy atom. The number of halogens is 1. The number of hydrogen-bond donors (Lipinski definition) is 0. The highest BCUT2D eigenvalue weighted by molar-refractivity contribution is 14.1. The average molecular weight is 602 g/mol. The van der Waals surface area contributed by atoms with Crippen LogP contribution in [-0.2, 0) is 19.3 Å². The molecule has 1 aliphatic heterocycles. The highest BCUT2D eigenvalue weighted by Crippen LogP contribution is 2.43. The summed E-state index contributed by atoms with van der Waals surface area (Å²) in [5, 5.41) is 0. The summed E-state index contributed by atoms with van der Waals surface area (Å²) in [6.07, 6.45) is 2.21. The normalized spacial score (nSPS) is 13.0. The summed E-state index contributed by atoms with van der Waals surface area (Å²) in [4.78, 5) is 0.703. The largest absolute Gasteiger partial charge is 0.491 e. The van der Waals surface area contributed by atoms with E-state index >= 15 is 0 Å². The minimum absolute atomic E-state index is 0.342. The van der Waals surface area contributed by atoms with Crippen molar-refractivity contribution in [2.75, 3.05) is 33.0 Å². The van der Waals surface area contributed by atoms with Crippen LogP contribution in [0.3, 0.4) is 0 Å². The molecule has 5 nitrogen and oxygen atoms in total. The van der Waals surface area contributed by atoms with E-state index in [0.29, 0.717) is 41.8 Å². The number of unbranched alkanes of at least 4 members (excludes halogenated alkanes) is 1. The fraction of sp³-hybridized carbons (Fsp3) is 0.286. The third-order valence-corrected chi connectivity index (χ3v) is 8.05. The molecule has 3 aromatic carbocycles. The van der Waals surface area contributed by atoms with Crippen LogP contribution in [0.2, 0.25) is 0 Å². The molecule has 1 aliphatic rings. The maximum Gasteiger partial charge on any atom is 0.207 e. The Morgan fingerprint density at radius 1 is 0.743 bits per heavy atom. The van der Waals surface area contributed by atoms with Crippen LogP contribution in [0.15, 0.2) is 70.5 Å². The first-order valence-electron chi connectivity index (χ1n) is 11.6. The Hall–Kier alpha value is -2.38. The molecule has 7 heteroatoms. The van der Waals surface area contributed by atoms with Crippen molar-refractivity contribution in [2.24, 2.45) is 0 Å². The first-order valence-corrected chi connectivity index (χ1v) is 14.1. The van der Waals surface area contributed by atoms with Gasteiger partial charge in [-0.05, 0) is 89.7 Å². The second kappa shape index (κ2) is 12.0. The van der Waals surface area contributed by atoms with Crippen LogP contribution in [0, 0.1) is 15.4 Å². The van der Waals surface area contributed by atoms with Crippen molar-refractivity contribution in [1.29, 1.82) is 0 Å². The highest BCUT2D eigenvalue weighted by Gasteiger charge is 2.32. The first-order chi connectivity index (χ1) is 17.0. The van der Waals surface area contributed by atoms with E-state index in [0.717, 1.165) is 45.5 Å². The molecule has 0 fully saturated rings. The molecule has 0 atom stereocenters. The van der Waals surface area contributed by atoms with Gasteiger partial charge >= 0.3 is 0 Å². The number of hydrogen-bond acceptors (Lipinski definition) is 5. The molecule has 0 amide bonds. The highest BCUT2D eigenvalue weighted by atomic mass is 127. The van der Waals surface area contributed by atoms with Gasteiger partial charge in [-0.25, -0.2) is 8.42 Å². The maximum atomic E-state index is 12.8. The Labute approximate surface area is 220 Å². The molecular formula is C28H27IO5S. The zero-order valence-electron chi connectivity index (χ0n) is 19.6. The predicted octanol–water partition coefficient (Wildman–Crippen LogP) is 5.72. The molecule has 1 heterocycles. The van der Waals surface area contributed by atoms with Crippen LogP contribution < -0.4 is 4.74 Å². The molecule has 0 N–H and O–H groups in total. The van der Waals surface area contributed by atoms with Crippen molar-refractivity contribution < 1.29 is 22.6 Å². The number of sulfone groups is 1. The van der Waals surface area contributed by atoms with Gasteiger partial charge in [0.05, 0.1) is 29.6 Å². The summed E-state index contributed by atoms with van der Waals surface area (Å²) in [7, 11) is -3.47. The van der Waals surface area contributed by atoms with E-state index in [2.05, 4.69) is 41.4 Å². The van der Waals surface area contributed by atoms with Gasteiger partial charge in [-0.1, -0.05) is 25.2 Å². The lowest BCUT2D eigenvalue weighted by Crippen LogP contribution is -2.11. The van der Waals surface area contributed by atoms with Gasteiger partial charge in [0, 0.05) is 32.4 Å². The van der Waals surface area contributed by atoms with Gasteiger partial charge in [0.1, 0.15) is 12.4 Å². The molecular weight excluding hydrogens is 575 g/mol. The molecule has 0 unspecified atom stereocenters.